The van der Waals surface area contributed by atoms with Crippen LogP contribution in [-0.2, 0) is 0 Å². The first-order valence-electron chi connectivity index (χ1n) is 5.98. The van der Waals surface area contributed by atoms with E-state index in [9.17, 15) is 4.79 Å². The zero-order chi connectivity index (χ0) is 13.4. The smallest absolute Gasteiger partial charge is 0.407 e. The lowest BCUT2D eigenvalue weighted by Gasteiger charge is -2.30. The Morgan fingerprint density at radius 1 is 1.53 bits per heavy atom. The molecular formula is C11H12BrN5O2. The predicted molar refractivity (Wildman–Crippen MR) is 70.9 cm³/mol. The van der Waals surface area contributed by atoms with Gasteiger partial charge in [-0.15, -0.1) is 0 Å². The molecule has 1 fully saturated rings. The zero-order valence-corrected chi connectivity index (χ0v) is 11.6. The van der Waals surface area contributed by atoms with Crippen LogP contribution in [0.1, 0.15) is 18.9 Å². The van der Waals surface area contributed by atoms with Crippen molar-refractivity contribution < 1.29 is 9.90 Å². The molecule has 3 rings (SSSR count). The molecule has 1 aliphatic rings. The fourth-order valence-electron chi connectivity index (χ4n) is 2.43. The maximum absolute atomic E-state index is 11.1. The van der Waals surface area contributed by atoms with E-state index in [0.29, 0.717) is 17.7 Å². The van der Waals surface area contributed by atoms with Crippen molar-refractivity contribution in [2.75, 3.05) is 13.1 Å². The average molecular weight is 326 g/mol. The van der Waals surface area contributed by atoms with Gasteiger partial charge in [0.05, 0.1) is 11.4 Å². The predicted octanol–water partition coefficient (Wildman–Crippen LogP) is 1.90. The van der Waals surface area contributed by atoms with Crippen LogP contribution < -0.4 is 0 Å². The molecule has 1 N–H and O–H groups in total. The second-order valence-corrected chi connectivity index (χ2v) is 5.27. The molecule has 19 heavy (non-hydrogen) atoms. The number of halogens is 1. The summed E-state index contributed by atoms with van der Waals surface area (Å²) in [5.74, 6) is 0. The third-order valence-electron chi connectivity index (χ3n) is 3.34. The molecule has 0 saturated carbocycles. The summed E-state index contributed by atoms with van der Waals surface area (Å²) < 4.78 is 2.49. The molecule has 1 amide bonds. The van der Waals surface area contributed by atoms with E-state index >= 15 is 0 Å². The van der Waals surface area contributed by atoms with Crippen LogP contribution in [0.5, 0.6) is 0 Å². The number of carbonyl (C=O) groups is 1. The summed E-state index contributed by atoms with van der Waals surface area (Å²) in [7, 11) is 0. The van der Waals surface area contributed by atoms with Crippen LogP contribution in [0.15, 0.2) is 17.1 Å². The van der Waals surface area contributed by atoms with Crippen LogP contribution in [-0.4, -0.2) is 48.9 Å². The Morgan fingerprint density at radius 3 is 3.16 bits per heavy atom. The van der Waals surface area contributed by atoms with Crippen LogP contribution in [0.3, 0.4) is 0 Å². The SMILES string of the molecule is O=C(O)N1CCCC(n2nc(Br)c3cncnc32)C1. The summed E-state index contributed by atoms with van der Waals surface area (Å²) in [5, 5.41) is 14.3. The second-order valence-electron chi connectivity index (χ2n) is 4.52. The van der Waals surface area contributed by atoms with Gasteiger partial charge >= 0.3 is 6.09 Å². The lowest BCUT2D eigenvalue weighted by atomic mass is 10.1. The molecule has 1 aliphatic heterocycles. The average Bonchev–Trinajstić information content (AvgIpc) is 2.77. The lowest BCUT2D eigenvalue weighted by molar-refractivity contribution is 0.120. The summed E-state index contributed by atoms with van der Waals surface area (Å²) in [6, 6.07) is 0.0218. The molecule has 0 bridgehead atoms. The fraction of sp³-hybridized carbons (Fsp3) is 0.455. The van der Waals surface area contributed by atoms with Crippen LogP contribution in [0, 0.1) is 0 Å². The van der Waals surface area contributed by atoms with Crippen LogP contribution in [0.4, 0.5) is 4.79 Å². The van der Waals surface area contributed by atoms with Crippen molar-refractivity contribution in [2.45, 2.75) is 18.9 Å². The Morgan fingerprint density at radius 2 is 2.37 bits per heavy atom. The van der Waals surface area contributed by atoms with Gasteiger partial charge in [0.25, 0.3) is 0 Å². The third kappa shape index (κ3) is 2.16. The van der Waals surface area contributed by atoms with Crippen molar-refractivity contribution in [1.82, 2.24) is 24.6 Å². The van der Waals surface area contributed by atoms with Gasteiger partial charge < -0.3 is 10.0 Å². The molecule has 0 spiro atoms. The standard InChI is InChI=1S/C11H12BrN5O2/c12-9-8-4-13-6-14-10(8)17(15-9)7-2-1-3-16(5-7)11(18)19/h4,6-7H,1-3,5H2,(H,18,19). The molecule has 1 atom stereocenters. The van der Waals surface area contributed by atoms with Gasteiger partial charge in [0.15, 0.2) is 5.65 Å². The normalized spacial score (nSPS) is 19.8. The number of carboxylic acid groups (broad SMARTS) is 1. The lowest BCUT2D eigenvalue weighted by Crippen LogP contribution is -2.40. The molecule has 8 heteroatoms. The van der Waals surface area contributed by atoms with Crippen LogP contribution in [0.25, 0.3) is 11.0 Å². The van der Waals surface area contributed by atoms with Gasteiger partial charge in [-0.1, -0.05) is 0 Å². The molecule has 7 nitrogen and oxygen atoms in total. The van der Waals surface area contributed by atoms with Gasteiger partial charge in [0, 0.05) is 19.3 Å². The Bertz CT molecular complexity index is 629. The minimum absolute atomic E-state index is 0.0218. The Labute approximate surface area is 117 Å². The van der Waals surface area contributed by atoms with E-state index < -0.39 is 6.09 Å². The van der Waals surface area contributed by atoms with Crippen molar-refractivity contribution in [3.05, 3.63) is 17.1 Å². The number of rotatable bonds is 1. The first-order valence-corrected chi connectivity index (χ1v) is 6.77. The van der Waals surface area contributed by atoms with Crippen LogP contribution >= 0.6 is 15.9 Å². The number of amides is 1. The summed E-state index contributed by atoms with van der Waals surface area (Å²) >= 11 is 3.39. The second kappa shape index (κ2) is 4.76. The van der Waals surface area contributed by atoms with E-state index in [1.54, 1.807) is 10.9 Å². The molecular weight excluding hydrogens is 314 g/mol. The van der Waals surface area contributed by atoms with Gasteiger partial charge in [-0.05, 0) is 28.8 Å². The molecule has 1 saturated heterocycles. The number of piperidine rings is 1. The van der Waals surface area contributed by atoms with E-state index in [1.807, 2.05) is 0 Å². The van der Waals surface area contributed by atoms with Crippen LogP contribution in [0.2, 0.25) is 0 Å². The molecule has 1 unspecified atom stereocenters. The number of likely N-dealkylation sites (tertiary alicyclic amines) is 1. The van der Waals surface area contributed by atoms with Gasteiger partial charge in [-0.25, -0.2) is 19.4 Å². The zero-order valence-electron chi connectivity index (χ0n) is 10.0. The number of hydrogen-bond acceptors (Lipinski definition) is 4. The van der Waals surface area contributed by atoms with Gasteiger partial charge in [0.1, 0.15) is 10.9 Å². The van der Waals surface area contributed by atoms with Gasteiger partial charge in [0.2, 0.25) is 0 Å². The summed E-state index contributed by atoms with van der Waals surface area (Å²) in [6.07, 6.45) is 4.03. The maximum Gasteiger partial charge on any atom is 0.407 e. The van der Waals surface area contributed by atoms with Crippen molar-refractivity contribution in [3.8, 4) is 0 Å². The molecule has 100 valence electrons. The van der Waals surface area contributed by atoms with E-state index in [1.165, 1.54) is 11.2 Å². The Balaban J connectivity index is 1.98. The van der Waals surface area contributed by atoms with E-state index in [-0.39, 0.29) is 6.04 Å². The van der Waals surface area contributed by atoms with Crippen molar-refractivity contribution in [2.24, 2.45) is 0 Å². The maximum atomic E-state index is 11.1. The summed E-state index contributed by atoms with van der Waals surface area (Å²) in [6.45, 7) is 1.03. The minimum atomic E-state index is -0.880. The quantitative estimate of drug-likeness (QED) is 0.865. The molecule has 2 aromatic rings. The topological polar surface area (TPSA) is 84.1 Å². The summed E-state index contributed by atoms with van der Waals surface area (Å²) in [4.78, 5) is 20.7. The highest BCUT2D eigenvalue weighted by atomic mass is 79.9. The number of fused-ring (bicyclic) bond motifs is 1. The molecule has 2 aromatic heterocycles. The highest BCUT2D eigenvalue weighted by Gasteiger charge is 2.27. The number of aromatic nitrogens is 4. The number of nitrogens with zero attached hydrogens (tertiary/aromatic N) is 5. The first-order chi connectivity index (χ1) is 9.16. The van der Waals surface area contributed by atoms with Gasteiger partial charge in [-0.3, -0.25) is 0 Å². The van der Waals surface area contributed by atoms with E-state index in [4.69, 9.17) is 5.11 Å². The first kappa shape index (κ1) is 12.3. The molecule has 3 heterocycles. The summed E-state index contributed by atoms with van der Waals surface area (Å²) in [5.41, 5.74) is 0.735. The Kier molecular flexibility index (Phi) is 3.09. The van der Waals surface area contributed by atoms with Crippen molar-refractivity contribution >= 4 is 33.1 Å². The fourth-order valence-corrected chi connectivity index (χ4v) is 2.88. The van der Waals surface area contributed by atoms with Crippen molar-refractivity contribution in [3.63, 3.8) is 0 Å². The van der Waals surface area contributed by atoms with Crippen molar-refractivity contribution in [1.29, 1.82) is 0 Å². The van der Waals surface area contributed by atoms with E-state index in [2.05, 4.69) is 31.0 Å². The largest absolute Gasteiger partial charge is 0.465 e. The molecule has 0 radical (unpaired) electrons. The molecule has 0 aromatic carbocycles. The highest BCUT2D eigenvalue weighted by molar-refractivity contribution is 9.10. The monoisotopic (exact) mass is 325 g/mol. The minimum Gasteiger partial charge on any atom is -0.465 e. The number of hydrogen-bond donors (Lipinski definition) is 1. The third-order valence-corrected chi connectivity index (χ3v) is 3.92. The molecule has 0 aliphatic carbocycles. The van der Waals surface area contributed by atoms with Gasteiger partial charge in [-0.2, -0.15) is 5.10 Å². The van der Waals surface area contributed by atoms with E-state index in [0.717, 1.165) is 23.9 Å². The highest BCUT2D eigenvalue weighted by Crippen LogP contribution is 2.28. The Hall–Kier alpha value is -1.70.